The van der Waals surface area contributed by atoms with E-state index in [9.17, 15) is 9.59 Å². The van der Waals surface area contributed by atoms with Gasteiger partial charge in [0.05, 0.1) is 0 Å². The van der Waals surface area contributed by atoms with E-state index in [-0.39, 0.29) is 17.9 Å². The Hall–Kier alpha value is -2.44. The molecule has 1 aliphatic carbocycles. The van der Waals surface area contributed by atoms with E-state index in [1.807, 2.05) is 20.8 Å². The van der Waals surface area contributed by atoms with Gasteiger partial charge in [0, 0.05) is 36.6 Å². The van der Waals surface area contributed by atoms with Gasteiger partial charge in [-0.1, -0.05) is 0 Å². The van der Waals surface area contributed by atoms with Crippen LogP contribution in [0.15, 0.2) is 0 Å². The topological polar surface area (TPSA) is 96.9 Å². The van der Waals surface area contributed by atoms with Crippen molar-refractivity contribution in [3.63, 3.8) is 0 Å². The van der Waals surface area contributed by atoms with Crippen LogP contribution in [-0.2, 0) is 6.42 Å². The van der Waals surface area contributed by atoms with Crippen molar-refractivity contribution >= 4 is 12.0 Å². The Kier molecular flexibility index (Phi) is 4.20. The Morgan fingerprint density at radius 1 is 1.15 bits per heavy atom. The first-order valence-electron chi connectivity index (χ1n) is 9.62. The molecule has 2 aliphatic heterocycles. The lowest BCUT2D eigenvalue weighted by atomic mass is 9.81. The van der Waals surface area contributed by atoms with Crippen LogP contribution in [0.1, 0.15) is 59.7 Å². The van der Waals surface area contributed by atoms with Gasteiger partial charge in [0.1, 0.15) is 0 Å². The van der Waals surface area contributed by atoms with Crippen molar-refractivity contribution in [1.82, 2.24) is 10.6 Å². The van der Waals surface area contributed by atoms with Crippen molar-refractivity contribution in [2.45, 2.75) is 64.7 Å². The van der Waals surface area contributed by atoms with Gasteiger partial charge in [0.15, 0.2) is 11.5 Å². The highest BCUT2D eigenvalue weighted by Crippen LogP contribution is 2.51. The van der Waals surface area contributed by atoms with Crippen LogP contribution in [0.5, 0.6) is 11.5 Å². The van der Waals surface area contributed by atoms with Crippen molar-refractivity contribution in [1.29, 1.82) is 0 Å². The first-order chi connectivity index (χ1) is 12.8. The summed E-state index contributed by atoms with van der Waals surface area (Å²) in [5.74, 6) is 0.774. The van der Waals surface area contributed by atoms with Crippen LogP contribution < -0.4 is 20.1 Å². The summed E-state index contributed by atoms with van der Waals surface area (Å²) in [6.45, 7) is 6.52. The van der Waals surface area contributed by atoms with Crippen LogP contribution >= 0.6 is 0 Å². The monoisotopic (exact) mass is 374 g/mol. The molecule has 2 amide bonds. The fourth-order valence-corrected chi connectivity index (χ4v) is 4.79. The van der Waals surface area contributed by atoms with Gasteiger partial charge in [-0.2, -0.15) is 0 Å². The largest absolute Gasteiger partial charge is 0.465 e. The Labute approximate surface area is 158 Å². The maximum absolute atomic E-state index is 12.4. The minimum atomic E-state index is -0.972. The van der Waals surface area contributed by atoms with Crippen LogP contribution in [-0.4, -0.2) is 35.5 Å². The van der Waals surface area contributed by atoms with Gasteiger partial charge in [-0.3, -0.25) is 4.79 Å². The van der Waals surface area contributed by atoms with Crippen LogP contribution in [0.2, 0.25) is 0 Å². The standard InChI is InChI=1S/C20H26N2O5/c1-10-14-8-9-21-18(23)15(14)11(2)17-16(10)26-20(3,27-17)12-4-6-13(7-5-12)22-19(24)25/h12-13,22H,4-9H2,1-3H3,(H,21,23)(H,24,25)/t12-,13-,20?. The summed E-state index contributed by atoms with van der Waals surface area (Å²) in [5.41, 5.74) is 3.61. The van der Waals surface area contributed by atoms with E-state index in [0.717, 1.165) is 60.1 Å². The van der Waals surface area contributed by atoms with Crippen LogP contribution in [0.25, 0.3) is 0 Å². The summed E-state index contributed by atoms with van der Waals surface area (Å²) in [6.07, 6.45) is 3.02. The highest BCUT2D eigenvalue weighted by atomic mass is 16.7. The molecule has 1 unspecified atom stereocenters. The van der Waals surface area contributed by atoms with Crippen LogP contribution in [0, 0.1) is 19.8 Å². The van der Waals surface area contributed by atoms with E-state index in [2.05, 4.69) is 10.6 Å². The molecule has 1 saturated carbocycles. The molecule has 1 aromatic carbocycles. The number of rotatable bonds is 2. The highest BCUT2D eigenvalue weighted by Gasteiger charge is 2.48. The predicted octanol–water partition coefficient (Wildman–Crippen LogP) is 2.90. The number of carbonyl (C=O) groups is 2. The second kappa shape index (κ2) is 6.32. The van der Waals surface area contributed by atoms with Crippen molar-refractivity contribution < 1.29 is 24.2 Å². The predicted molar refractivity (Wildman–Crippen MR) is 98.5 cm³/mol. The number of hydrogen-bond acceptors (Lipinski definition) is 4. The molecule has 146 valence electrons. The zero-order valence-corrected chi connectivity index (χ0v) is 16.0. The average Bonchev–Trinajstić information content (AvgIpc) is 2.99. The minimum Gasteiger partial charge on any atom is -0.465 e. The molecule has 0 radical (unpaired) electrons. The smallest absolute Gasteiger partial charge is 0.404 e. The molecule has 3 aliphatic rings. The molecule has 2 heterocycles. The Morgan fingerprint density at radius 3 is 2.41 bits per heavy atom. The van der Waals surface area contributed by atoms with Crippen molar-refractivity contribution in [2.24, 2.45) is 5.92 Å². The molecule has 1 fully saturated rings. The fraction of sp³-hybridized carbons (Fsp3) is 0.600. The molecule has 7 heteroatoms. The van der Waals surface area contributed by atoms with Crippen molar-refractivity contribution in [3.05, 3.63) is 22.3 Å². The summed E-state index contributed by atoms with van der Waals surface area (Å²) in [4.78, 5) is 23.2. The van der Waals surface area contributed by atoms with E-state index in [1.165, 1.54) is 0 Å². The van der Waals surface area contributed by atoms with E-state index >= 15 is 0 Å². The third-order valence-corrected chi connectivity index (χ3v) is 6.31. The van der Waals surface area contributed by atoms with Gasteiger partial charge in [-0.15, -0.1) is 0 Å². The van der Waals surface area contributed by atoms with Gasteiger partial charge in [-0.25, -0.2) is 4.79 Å². The van der Waals surface area contributed by atoms with Gasteiger partial charge in [-0.05, 0) is 57.1 Å². The zero-order valence-electron chi connectivity index (χ0n) is 16.0. The molecule has 4 rings (SSSR count). The SMILES string of the molecule is Cc1c2c(c(C)c3c1OC(C)([C@H]1CC[C@H](NC(=O)O)CC1)O3)C(=O)NCC2. The third-order valence-electron chi connectivity index (χ3n) is 6.31. The molecule has 0 spiro atoms. The first-order valence-corrected chi connectivity index (χ1v) is 9.62. The number of nitrogens with one attached hydrogen (secondary N) is 2. The Morgan fingerprint density at radius 2 is 1.78 bits per heavy atom. The van der Waals surface area contributed by atoms with Gasteiger partial charge in [0.25, 0.3) is 11.7 Å². The summed E-state index contributed by atoms with van der Waals surface area (Å²) < 4.78 is 12.7. The Bertz CT molecular complexity index is 813. The molecule has 0 bridgehead atoms. The summed E-state index contributed by atoms with van der Waals surface area (Å²) in [6, 6.07) is -0.00869. The number of ether oxygens (including phenoxy) is 2. The van der Waals surface area contributed by atoms with E-state index in [0.29, 0.717) is 12.3 Å². The molecule has 7 nitrogen and oxygen atoms in total. The third kappa shape index (κ3) is 2.89. The maximum Gasteiger partial charge on any atom is 0.404 e. The van der Waals surface area contributed by atoms with Crippen molar-refractivity contribution in [3.8, 4) is 11.5 Å². The minimum absolute atomic E-state index is 0.00869. The number of fused-ring (bicyclic) bond motifs is 2. The number of hydrogen-bond donors (Lipinski definition) is 3. The van der Waals surface area contributed by atoms with Crippen molar-refractivity contribution in [2.75, 3.05) is 6.54 Å². The molecule has 0 aromatic heterocycles. The van der Waals surface area contributed by atoms with Gasteiger partial charge >= 0.3 is 6.09 Å². The molecule has 1 atom stereocenters. The molecule has 1 aromatic rings. The van der Waals surface area contributed by atoms with Crippen LogP contribution in [0.4, 0.5) is 4.79 Å². The zero-order chi connectivity index (χ0) is 19.3. The number of carboxylic acid groups (broad SMARTS) is 1. The summed E-state index contributed by atoms with van der Waals surface area (Å²) in [5, 5.41) is 14.4. The second-order valence-electron chi connectivity index (χ2n) is 7.99. The average molecular weight is 374 g/mol. The number of carbonyl (C=O) groups excluding carboxylic acids is 1. The molecular weight excluding hydrogens is 348 g/mol. The Balaban J connectivity index is 1.59. The van der Waals surface area contributed by atoms with Gasteiger partial charge in [0.2, 0.25) is 0 Å². The molecular formula is C20H26N2O5. The molecule has 27 heavy (non-hydrogen) atoms. The highest BCUT2D eigenvalue weighted by molar-refractivity contribution is 6.00. The normalized spacial score (nSPS) is 29.1. The quantitative estimate of drug-likeness (QED) is 0.740. The lowest BCUT2D eigenvalue weighted by Gasteiger charge is -2.37. The number of amides is 2. The number of benzene rings is 1. The maximum atomic E-state index is 12.4. The van der Waals surface area contributed by atoms with Crippen LogP contribution in [0.3, 0.4) is 0 Å². The summed E-state index contributed by atoms with van der Waals surface area (Å²) in [7, 11) is 0. The summed E-state index contributed by atoms with van der Waals surface area (Å²) >= 11 is 0. The molecule has 0 saturated heterocycles. The van der Waals surface area contributed by atoms with E-state index in [4.69, 9.17) is 14.6 Å². The molecule has 3 N–H and O–H groups in total. The van der Waals surface area contributed by atoms with E-state index in [1.54, 1.807) is 0 Å². The van der Waals surface area contributed by atoms with Gasteiger partial charge < -0.3 is 25.2 Å². The second-order valence-corrected chi connectivity index (χ2v) is 7.99. The fourth-order valence-electron chi connectivity index (χ4n) is 4.79. The lowest BCUT2D eigenvalue weighted by Crippen LogP contribution is -2.47. The first kappa shape index (κ1) is 17.9. The van der Waals surface area contributed by atoms with E-state index < -0.39 is 11.9 Å². The lowest BCUT2D eigenvalue weighted by molar-refractivity contribution is -0.121.